The first-order valence-electron chi connectivity index (χ1n) is 41.0. The van der Waals surface area contributed by atoms with E-state index in [9.17, 15) is 9.90 Å². The van der Waals surface area contributed by atoms with Gasteiger partial charge in [-0.15, -0.1) is 0 Å². The number of methoxy groups -OCH3 is 20. The first-order valence-corrected chi connectivity index (χ1v) is 41.0. The van der Waals surface area contributed by atoms with Crippen molar-refractivity contribution in [2.24, 2.45) is 0 Å². The molecule has 4 aromatic rings. The smallest absolute Gasteiger partial charge is 0.220 e. The lowest BCUT2D eigenvalue weighted by atomic mass is 9.91. The summed E-state index contributed by atoms with van der Waals surface area (Å²) in [6, 6.07) is 19.6. The molecule has 1 amide bonds. The van der Waals surface area contributed by atoms with Crippen LogP contribution in [0.2, 0.25) is 0 Å². The molecule has 21 heterocycles. The molecule has 4 aromatic carbocycles. The molecule has 121 heavy (non-hydrogen) atoms. The van der Waals surface area contributed by atoms with E-state index in [0.717, 1.165) is 19.4 Å². The van der Waals surface area contributed by atoms with Crippen LogP contribution in [0, 0.1) is 0 Å². The zero-order valence-electron chi connectivity index (χ0n) is 73.4. The summed E-state index contributed by atoms with van der Waals surface area (Å²) in [5.74, 6) is 0.141. The third-order valence-corrected chi connectivity index (χ3v) is 24.0. The van der Waals surface area contributed by atoms with Gasteiger partial charge >= 0.3 is 0 Å². The molecule has 0 saturated carbocycles. The lowest BCUT2D eigenvalue weighted by molar-refractivity contribution is -0.402. The molecule has 21 fully saturated rings. The normalized spacial score (nSPS) is 39.5. The van der Waals surface area contributed by atoms with Gasteiger partial charge in [-0.3, -0.25) is 4.79 Å². The van der Waals surface area contributed by atoms with E-state index in [4.69, 9.17) is 161 Å². The minimum absolute atomic E-state index is 0.0438. The Balaban J connectivity index is 0.000000503. The Bertz CT molecular complexity index is 3620. The van der Waals surface area contributed by atoms with Crippen LogP contribution in [0.25, 0.3) is 32.3 Å². The summed E-state index contributed by atoms with van der Waals surface area (Å²) < 4.78 is 219. The van der Waals surface area contributed by atoms with Crippen molar-refractivity contribution in [2.45, 2.75) is 241 Å². The van der Waals surface area contributed by atoms with Crippen molar-refractivity contribution >= 4 is 38.2 Å². The van der Waals surface area contributed by atoms with E-state index in [-0.39, 0.29) is 45.5 Å². The van der Waals surface area contributed by atoms with Crippen LogP contribution in [0.1, 0.15) is 25.3 Å². The monoisotopic (exact) mass is 1730 g/mol. The summed E-state index contributed by atoms with van der Waals surface area (Å²) in [5.41, 5.74) is 1.26. The van der Waals surface area contributed by atoms with E-state index in [1.807, 2.05) is 0 Å². The Morgan fingerprint density at radius 1 is 0.298 bits per heavy atom. The van der Waals surface area contributed by atoms with Crippen LogP contribution in [0.5, 0.6) is 0 Å². The van der Waals surface area contributed by atoms with Gasteiger partial charge in [-0.05, 0) is 50.7 Å². The summed E-state index contributed by atoms with van der Waals surface area (Å²) in [6.07, 6.45) is -34.7. The van der Waals surface area contributed by atoms with E-state index in [0.29, 0.717) is 6.42 Å². The second-order valence-corrected chi connectivity index (χ2v) is 30.7. The molecule has 0 spiro atoms. The molecule has 35 atom stereocenters. The van der Waals surface area contributed by atoms with E-state index in [2.05, 4.69) is 66.8 Å². The number of benzene rings is 4. The largest absolute Gasteiger partial charge is 0.394 e. The quantitative estimate of drug-likeness (QED) is 0.0664. The van der Waals surface area contributed by atoms with Crippen molar-refractivity contribution in [3.8, 4) is 0 Å². The minimum atomic E-state index is -1.30. The van der Waals surface area contributed by atoms with E-state index in [1.165, 1.54) is 180 Å². The Hall–Kier alpha value is -4.01. The zero-order valence-corrected chi connectivity index (χ0v) is 73.4. The highest BCUT2D eigenvalue weighted by Gasteiger charge is 2.62. The summed E-state index contributed by atoms with van der Waals surface area (Å²) >= 11 is 0. The number of hydrogen-bond donors (Lipinski definition) is 2. The molecule has 14 bridgehead atoms. The first kappa shape index (κ1) is 97.6. The number of carbonyl (C=O) groups excluding carboxylic acids is 1. The molecule has 37 nitrogen and oxygen atoms in total. The van der Waals surface area contributed by atoms with Gasteiger partial charge < -0.3 is 171 Å². The molecule has 25 rings (SSSR count). The second-order valence-electron chi connectivity index (χ2n) is 30.7. The molecule has 688 valence electrons. The number of aliphatic hydroxyl groups excluding tert-OH is 1. The lowest BCUT2D eigenvalue weighted by Gasteiger charge is -2.52. The van der Waals surface area contributed by atoms with Crippen LogP contribution in [-0.4, -0.2) is 421 Å². The Morgan fingerprint density at radius 2 is 0.529 bits per heavy atom. The summed E-state index contributed by atoms with van der Waals surface area (Å²) in [7, 11) is 29.9. The maximum Gasteiger partial charge on any atom is 0.220 e. The molecular formula is C84H131NO36. The predicted octanol–water partition coefficient (Wildman–Crippen LogP) is 2.89. The van der Waals surface area contributed by atoms with Crippen LogP contribution < -0.4 is 5.32 Å². The average molecular weight is 1730 g/mol. The number of carbonyl (C=O) groups is 1. The molecule has 0 unspecified atom stereocenters. The fourth-order valence-electron chi connectivity index (χ4n) is 18.3. The molecule has 2 N–H and O–H groups in total. The van der Waals surface area contributed by atoms with Crippen molar-refractivity contribution in [1.82, 2.24) is 5.32 Å². The van der Waals surface area contributed by atoms with Crippen LogP contribution >= 0.6 is 0 Å². The molecular weight excluding hydrogens is 1600 g/mol. The van der Waals surface area contributed by atoms with Crippen LogP contribution in [-0.2, 0) is 172 Å². The zero-order chi connectivity index (χ0) is 86.7. The maximum absolute atomic E-state index is 11.9. The highest BCUT2D eigenvalue weighted by atomic mass is 16.8. The maximum atomic E-state index is 11.9. The average Bonchev–Trinajstić information content (AvgIpc) is 1.38. The number of aryl methyl sites for hydroxylation is 1. The molecule has 21 saturated heterocycles. The van der Waals surface area contributed by atoms with Gasteiger partial charge in [0.1, 0.15) is 171 Å². The molecule has 37 heteroatoms. The van der Waals surface area contributed by atoms with Gasteiger partial charge in [-0.2, -0.15) is 0 Å². The third kappa shape index (κ3) is 21.3. The Morgan fingerprint density at radius 3 is 0.769 bits per heavy atom. The van der Waals surface area contributed by atoms with Crippen molar-refractivity contribution in [3.05, 3.63) is 60.2 Å². The molecule has 21 aliphatic heterocycles. The van der Waals surface area contributed by atoms with Crippen LogP contribution in [0.3, 0.4) is 0 Å². The highest BCUT2D eigenvalue weighted by molar-refractivity contribution is 6.23. The standard InChI is InChI=1S/C62H110O35.C22H21NO/c1-64-22-29-36-43(71-8)51(79-16)58(86-29)94-38-31(24-66-3)88-60(53(81-18)45(38)73-10)96-40-33(26-68-5)90-62(55(83-20)47(40)75-12)97-41-34(27-69-6)89-61(54(82-19)48(41)76-13)95-39-32(25-67-4)87-59(52(80-17)46(39)74-11)93-37-30(23-65-2)85-57(50(78-15)44(37)72-9)91-35-28(21-63)84-56(92-36)49(77-14)42(35)70-7;1-2-14-23-20(24)13-11-15-6-7-18-9-8-16-4-3-5-17-10-12-19(15)22(18)21(16)17/h28-63H,21-27H2,1-20H3;3-10,12H,2,11,13-14H2,1H3,(H,23,24)/t28-,29-,30-,31-,32-,33-,34-,35-,36-,37-,38-,39-,40-,41-,42+,43+,44+,45+,46+,47+,48+,49-,50-,51-,52-,53-,54-,55-,56-,57-,58-,59-,60-,61-,62-;/m1./s1. The van der Waals surface area contributed by atoms with Crippen molar-refractivity contribution in [3.63, 3.8) is 0 Å². The van der Waals surface area contributed by atoms with E-state index >= 15 is 0 Å². The summed E-state index contributed by atoms with van der Waals surface area (Å²) in [6.45, 7) is 1.91. The Kier molecular flexibility index (Phi) is 38.2. The van der Waals surface area contributed by atoms with Crippen molar-refractivity contribution in [2.75, 3.05) is 195 Å². The highest BCUT2D eigenvalue weighted by Crippen LogP contribution is 2.44. The van der Waals surface area contributed by atoms with Gasteiger partial charge in [0.25, 0.3) is 0 Å². The van der Waals surface area contributed by atoms with Crippen LogP contribution in [0.15, 0.2) is 54.6 Å². The molecule has 0 radical (unpaired) electrons. The number of nitrogens with one attached hydrogen (secondary N) is 1. The van der Waals surface area contributed by atoms with Gasteiger partial charge in [0.2, 0.25) is 5.91 Å². The Labute approximate surface area is 708 Å². The molecule has 21 aliphatic rings. The van der Waals surface area contributed by atoms with E-state index in [1.54, 1.807) is 0 Å². The number of aliphatic hydroxyl groups is 1. The van der Waals surface area contributed by atoms with E-state index < -0.39 is 222 Å². The third-order valence-electron chi connectivity index (χ3n) is 24.0. The fraction of sp³-hybridized carbons (Fsp3) is 0.798. The predicted molar refractivity (Wildman–Crippen MR) is 426 cm³/mol. The molecule has 0 aromatic heterocycles. The van der Waals surface area contributed by atoms with Gasteiger partial charge in [0, 0.05) is 155 Å². The van der Waals surface area contributed by atoms with Crippen molar-refractivity contribution in [1.29, 1.82) is 0 Å². The van der Waals surface area contributed by atoms with Gasteiger partial charge in [-0.25, -0.2) is 0 Å². The number of rotatable bonds is 32. The first-order chi connectivity index (χ1) is 59.0. The van der Waals surface area contributed by atoms with Gasteiger partial charge in [0.15, 0.2) is 44.0 Å². The second kappa shape index (κ2) is 47.3. The molecule has 0 aliphatic carbocycles. The van der Waals surface area contributed by atoms with Gasteiger partial charge in [-0.1, -0.05) is 61.5 Å². The minimum Gasteiger partial charge on any atom is -0.394 e. The number of ether oxygens (including phenoxy) is 34. The SMILES string of the molecule is CCCNC(=O)CCc1ccc2ccc3cccc4ccc1c2c34.COC[C@H]1O[C@@H]2O[C@H]3[C@H](OC)[C@@H](OC)[C@@H](O[C@H]4[C@H](OC)[C@@H](OC)[C@@H](O[C@H]5[C@H](OC)[C@@H](OC)[C@@H](O[C@H]6[C@H](OC)[C@@H](OC)[C@@H](O[C@H]7[C@H](OC)[C@@H](OC)[C@@H](O[C@H]8[C@H](OC)[C@@H](OC)[C@@H](O[C@H]1[C@H](OC)[C@H]2OC)O[C@@H]8CO)O[C@@H]7COC)O[C@@H]6COC)O[C@@H]5COC)O[C@@H]4COC)O[C@@H]3COC. The number of hydrogen-bond acceptors (Lipinski definition) is 36. The lowest BCUT2D eigenvalue weighted by Crippen LogP contribution is -2.69. The number of amides is 1. The summed E-state index contributed by atoms with van der Waals surface area (Å²) in [5, 5.41) is 22.0. The van der Waals surface area contributed by atoms with Crippen LogP contribution in [0.4, 0.5) is 0 Å². The summed E-state index contributed by atoms with van der Waals surface area (Å²) in [4.78, 5) is 11.9. The van der Waals surface area contributed by atoms with Gasteiger partial charge in [0.05, 0.1) is 46.2 Å². The topological polar surface area (TPSA) is 363 Å². The van der Waals surface area contributed by atoms with Crippen molar-refractivity contribution < 1.29 is 171 Å². The fourth-order valence-corrected chi connectivity index (χ4v) is 18.3.